The average Bonchev–Trinajstić information content (AvgIpc) is 2.76. The standard InChI is InChI=1S/C22H28O8/c1-2-3-19-28-12-18-22(30-19)21(25)20(24)17(29-18)11-14(23)6-4-13-5-7-15-16(10-13)27-9-8-26-15/h4-7,10,17-22,24-25H,2-3,8-9,11-12H2,1H3/b6-4+/t17-,18+,19?,20-,21+,22+/m0/s1. The molecule has 0 aromatic heterocycles. The van der Waals surface area contributed by atoms with Crippen LogP contribution in [-0.4, -0.2) is 72.6 Å². The molecule has 1 unspecified atom stereocenters. The van der Waals surface area contributed by atoms with Crippen molar-refractivity contribution < 1.29 is 38.7 Å². The molecule has 8 nitrogen and oxygen atoms in total. The van der Waals surface area contributed by atoms with Crippen molar-refractivity contribution in [1.29, 1.82) is 0 Å². The van der Waals surface area contributed by atoms with Crippen molar-refractivity contribution in [3.63, 3.8) is 0 Å². The van der Waals surface area contributed by atoms with Crippen LogP contribution in [0.25, 0.3) is 6.08 Å². The first-order chi connectivity index (χ1) is 14.5. The monoisotopic (exact) mass is 420 g/mol. The fourth-order valence-electron chi connectivity index (χ4n) is 3.91. The highest BCUT2D eigenvalue weighted by molar-refractivity contribution is 5.94. The van der Waals surface area contributed by atoms with E-state index in [2.05, 4.69) is 0 Å². The Bertz CT molecular complexity index is 776. The topological polar surface area (TPSA) is 104 Å². The number of rotatable bonds is 6. The Morgan fingerprint density at radius 1 is 1.13 bits per heavy atom. The van der Waals surface area contributed by atoms with Gasteiger partial charge >= 0.3 is 0 Å². The number of carbonyl (C=O) groups excluding carboxylic acids is 1. The summed E-state index contributed by atoms with van der Waals surface area (Å²) in [5.74, 6) is 1.11. The second-order valence-electron chi connectivity index (χ2n) is 7.75. The lowest BCUT2D eigenvalue weighted by atomic mass is 9.91. The van der Waals surface area contributed by atoms with E-state index in [0.717, 1.165) is 12.0 Å². The zero-order valence-corrected chi connectivity index (χ0v) is 16.9. The van der Waals surface area contributed by atoms with Gasteiger partial charge in [-0.2, -0.15) is 0 Å². The van der Waals surface area contributed by atoms with Gasteiger partial charge in [0.25, 0.3) is 0 Å². The van der Waals surface area contributed by atoms with Gasteiger partial charge < -0.3 is 33.9 Å². The van der Waals surface area contributed by atoms with E-state index in [-0.39, 0.29) is 18.8 Å². The molecule has 2 N–H and O–H groups in total. The molecule has 3 aliphatic rings. The van der Waals surface area contributed by atoms with E-state index in [4.69, 9.17) is 23.7 Å². The molecular weight excluding hydrogens is 392 g/mol. The second-order valence-corrected chi connectivity index (χ2v) is 7.75. The van der Waals surface area contributed by atoms with Crippen LogP contribution in [0, 0.1) is 0 Å². The molecule has 4 rings (SSSR count). The number of aliphatic hydroxyl groups excluding tert-OH is 2. The van der Waals surface area contributed by atoms with E-state index in [1.54, 1.807) is 12.1 Å². The molecule has 0 amide bonds. The third-order valence-corrected chi connectivity index (χ3v) is 5.49. The summed E-state index contributed by atoms with van der Waals surface area (Å²) in [5.41, 5.74) is 0.800. The Kier molecular flexibility index (Phi) is 6.70. The summed E-state index contributed by atoms with van der Waals surface area (Å²) in [5, 5.41) is 21.0. The molecular formula is C22H28O8. The van der Waals surface area contributed by atoms with E-state index in [1.165, 1.54) is 6.08 Å². The smallest absolute Gasteiger partial charge is 0.161 e. The van der Waals surface area contributed by atoms with Crippen molar-refractivity contribution in [2.45, 2.75) is 63.0 Å². The maximum absolute atomic E-state index is 12.4. The number of allylic oxidation sites excluding steroid dienone is 1. The van der Waals surface area contributed by atoms with Crippen LogP contribution in [0.2, 0.25) is 0 Å². The van der Waals surface area contributed by atoms with Gasteiger partial charge in [0.05, 0.1) is 12.7 Å². The number of carbonyl (C=O) groups is 1. The highest BCUT2D eigenvalue weighted by Gasteiger charge is 2.48. The Morgan fingerprint density at radius 3 is 2.73 bits per heavy atom. The van der Waals surface area contributed by atoms with E-state index >= 15 is 0 Å². The van der Waals surface area contributed by atoms with Crippen molar-refractivity contribution >= 4 is 11.9 Å². The van der Waals surface area contributed by atoms with Gasteiger partial charge in [-0.15, -0.1) is 0 Å². The van der Waals surface area contributed by atoms with Crippen molar-refractivity contribution in [3.05, 3.63) is 29.8 Å². The van der Waals surface area contributed by atoms with E-state index in [0.29, 0.717) is 31.1 Å². The molecule has 2 saturated heterocycles. The van der Waals surface area contributed by atoms with Gasteiger partial charge in [-0.25, -0.2) is 0 Å². The van der Waals surface area contributed by atoms with Crippen LogP contribution in [0.15, 0.2) is 24.3 Å². The molecule has 0 radical (unpaired) electrons. The van der Waals surface area contributed by atoms with Gasteiger partial charge in [-0.05, 0) is 30.2 Å². The molecule has 6 atom stereocenters. The zero-order valence-electron chi connectivity index (χ0n) is 16.9. The number of ether oxygens (including phenoxy) is 5. The molecule has 0 aliphatic carbocycles. The molecule has 164 valence electrons. The molecule has 0 bridgehead atoms. The quantitative estimate of drug-likeness (QED) is 0.667. The number of hydrogen-bond donors (Lipinski definition) is 2. The minimum atomic E-state index is -1.21. The van der Waals surface area contributed by atoms with Gasteiger partial charge in [0, 0.05) is 6.42 Å². The first-order valence-corrected chi connectivity index (χ1v) is 10.4. The summed E-state index contributed by atoms with van der Waals surface area (Å²) in [6.07, 6.45) is -0.107. The second kappa shape index (κ2) is 9.45. The van der Waals surface area contributed by atoms with Gasteiger partial charge in [0.15, 0.2) is 23.6 Å². The molecule has 1 aromatic carbocycles. The van der Waals surface area contributed by atoms with Crippen molar-refractivity contribution in [1.82, 2.24) is 0 Å². The Labute approximate surface area is 175 Å². The maximum atomic E-state index is 12.4. The molecule has 3 heterocycles. The Morgan fingerprint density at radius 2 is 1.93 bits per heavy atom. The highest BCUT2D eigenvalue weighted by Crippen LogP contribution is 2.32. The third-order valence-electron chi connectivity index (χ3n) is 5.49. The minimum Gasteiger partial charge on any atom is -0.486 e. The molecule has 0 saturated carbocycles. The van der Waals surface area contributed by atoms with Crippen LogP contribution in [0.3, 0.4) is 0 Å². The van der Waals surface area contributed by atoms with Crippen LogP contribution in [0.5, 0.6) is 11.5 Å². The van der Waals surface area contributed by atoms with Crippen LogP contribution in [0.4, 0.5) is 0 Å². The van der Waals surface area contributed by atoms with Gasteiger partial charge in [-0.3, -0.25) is 4.79 Å². The van der Waals surface area contributed by atoms with Crippen molar-refractivity contribution in [2.24, 2.45) is 0 Å². The normalized spacial score (nSPS) is 33.3. The summed E-state index contributed by atoms with van der Waals surface area (Å²) >= 11 is 0. The van der Waals surface area contributed by atoms with E-state index in [9.17, 15) is 15.0 Å². The predicted octanol–water partition coefficient (Wildman–Crippen LogP) is 1.46. The average molecular weight is 420 g/mol. The summed E-state index contributed by atoms with van der Waals surface area (Å²) in [4.78, 5) is 12.4. The van der Waals surface area contributed by atoms with Crippen LogP contribution < -0.4 is 9.47 Å². The fraction of sp³-hybridized carbons (Fsp3) is 0.591. The van der Waals surface area contributed by atoms with Gasteiger partial charge in [0.1, 0.15) is 37.6 Å². The number of ketones is 1. The number of aliphatic hydroxyl groups is 2. The van der Waals surface area contributed by atoms with E-state index in [1.807, 2.05) is 19.1 Å². The summed E-state index contributed by atoms with van der Waals surface area (Å²) in [6.45, 7) is 3.29. The van der Waals surface area contributed by atoms with Crippen LogP contribution in [0.1, 0.15) is 31.7 Å². The lowest BCUT2D eigenvalue weighted by Crippen LogP contribution is -2.62. The fourth-order valence-corrected chi connectivity index (χ4v) is 3.91. The largest absolute Gasteiger partial charge is 0.486 e. The lowest BCUT2D eigenvalue weighted by molar-refractivity contribution is -0.325. The van der Waals surface area contributed by atoms with Gasteiger partial charge in [0.2, 0.25) is 0 Å². The molecule has 0 spiro atoms. The zero-order chi connectivity index (χ0) is 21.1. The SMILES string of the molecule is CCCC1OC[C@H]2O[C@@H](CC(=O)/C=C/c3ccc4c(c3)OCCO4)[C@H](O)[C@@H](O)[C@@H]2O1. The summed E-state index contributed by atoms with van der Waals surface area (Å²) in [6, 6.07) is 5.45. The number of fused-ring (bicyclic) bond motifs is 2. The number of benzene rings is 1. The van der Waals surface area contributed by atoms with Gasteiger partial charge in [-0.1, -0.05) is 25.5 Å². The predicted molar refractivity (Wildman–Crippen MR) is 106 cm³/mol. The van der Waals surface area contributed by atoms with Crippen molar-refractivity contribution in [2.75, 3.05) is 19.8 Å². The Balaban J connectivity index is 1.35. The number of hydrogen-bond acceptors (Lipinski definition) is 8. The third kappa shape index (κ3) is 4.68. The minimum absolute atomic E-state index is 0.0547. The summed E-state index contributed by atoms with van der Waals surface area (Å²) < 4.78 is 28.2. The van der Waals surface area contributed by atoms with Crippen LogP contribution >= 0.6 is 0 Å². The molecule has 30 heavy (non-hydrogen) atoms. The highest BCUT2D eigenvalue weighted by atomic mass is 16.7. The molecule has 8 heteroatoms. The molecule has 2 fully saturated rings. The summed E-state index contributed by atoms with van der Waals surface area (Å²) in [7, 11) is 0. The van der Waals surface area contributed by atoms with Crippen molar-refractivity contribution in [3.8, 4) is 11.5 Å². The lowest BCUT2D eigenvalue weighted by Gasteiger charge is -2.46. The van der Waals surface area contributed by atoms with E-state index < -0.39 is 36.8 Å². The first kappa shape index (κ1) is 21.3. The van der Waals surface area contributed by atoms with Crippen LogP contribution in [-0.2, 0) is 19.0 Å². The first-order valence-electron chi connectivity index (χ1n) is 10.4. The maximum Gasteiger partial charge on any atom is 0.161 e. The Hall–Kier alpha value is -1.97. The molecule has 3 aliphatic heterocycles. The molecule has 1 aromatic rings.